The molecule has 1 aliphatic rings. The van der Waals surface area contributed by atoms with Gasteiger partial charge in [-0.05, 0) is 81.1 Å². The minimum Gasteiger partial charge on any atom is -0.497 e. The third-order valence-corrected chi connectivity index (χ3v) is 10.1. The van der Waals surface area contributed by atoms with E-state index in [0.29, 0.717) is 31.1 Å². The van der Waals surface area contributed by atoms with Crippen LogP contribution in [0.1, 0.15) is 56.0 Å². The second kappa shape index (κ2) is 17.5. The van der Waals surface area contributed by atoms with Gasteiger partial charge in [0.1, 0.15) is 11.5 Å². The van der Waals surface area contributed by atoms with Gasteiger partial charge in [-0.15, -0.1) is 0 Å². The van der Waals surface area contributed by atoms with Gasteiger partial charge in [0.25, 0.3) is 15.9 Å². The van der Waals surface area contributed by atoms with Crippen LogP contribution in [-0.2, 0) is 26.0 Å². The van der Waals surface area contributed by atoms with Gasteiger partial charge in [-0.1, -0.05) is 37.3 Å². The summed E-state index contributed by atoms with van der Waals surface area (Å²) in [5.41, 5.74) is 1.28. The average Bonchev–Trinajstić information content (AvgIpc) is 3.09. The molecule has 11 nitrogen and oxygen atoms in total. The second-order valence-electron chi connectivity index (χ2n) is 12.7. The zero-order valence-electron chi connectivity index (χ0n) is 29.0. The molecule has 0 spiro atoms. The number of methoxy groups -OCH3 is 1. The quantitative estimate of drug-likeness (QED) is 0.303. The first-order valence-corrected chi connectivity index (χ1v) is 18.2. The maximum Gasteiger partial charge on any atom is 0.261 e. The van der Waals surface area contributed by atoms with E-state index in [1.54, 1.807) is 48.0 Å². The number of aliphatic hydroxyl groups is 1. The first-order chi connectivity index (χ1) is 23.4. The third-order valence-electron chi connectivity index (χ3n) is 8.75. The van der Waals surface area contributed by atoms with Gasteiger partial charge in [0.15, 0.2) is 0 Å². The summed E-state index contributed by atoms with van der Waals surface area (Å²) in [5.74, 6) is 0.150. The van der Waals surface area contributed by atoms with Crippen LogP contribution >= 0.6 is 0 Å². The number of likely N-dealkylation sites (N-methyl/N-ethyl adjacent to an activating group) is 1. The van der Waals surface area contributed by atoms with E-state index in [4.69, 9.17) is 14.2 Å². The lowest BCUT2D eigenvalue weighted by molar-refractivity contribution is -0.131. The molecule has 0 aromatic heterocycles. The Balaban J connectivity index is 1.63. The molecule has 49 heavy (non-hydrogen) atoms. The number of hydrogen-bond acceptors (Lipinski definition) is 8. The van der Waals surface area contributed by atoms with Crippen molar-refractivity contribution in [1.82, 2.24) is 9.80 Å². The van der Waals surface area contributed by atoms with E-state index in [1.807, 2.05) is 44.2 Å². The summed E-state index contributed by atoms with van der Waals surface area (Å²) in [6.07, 6.45) is 1.95. The Morgan fingerprint density at radius 1 is 1.08 bits per heavy atom. The van der Waals surface area contributed by atoms with Gasteiger partial charge in [-0.2, -0.15) is 0 Å². The van der Waals surface area contributed by atoms with Crippen LogP contribution in [0.15, 0.2) is 77.7 Å². The molecule has 0 saturated heterocycles. The number of anilines is 1. The van der Waals surface area contributed by atoms with Gasteiger partial charge in [0.2, 0.25) is 5.91 Å². The van der Waals surface area contributed by atoms with Gasteiger partial charge < -0.3 is 29.1 Å². The molecule has 3 aromatic rings. The highest BCUT2D eigenvalue weighted by Crippen LogP contribution is 2.30. The zero-order valence-corrected chi connectivity index (χ0v) is 29.8. The van der Waals surface area contributed by atoms with Crippen molar-refractivity contribution in [2.45, 2.75) is 69.6 Å². The van der Waals surface area contributed by atoms with Crippen molar-refractivity contribution in [2.24, 2.45) is 5.92 Å². The van der Waals surface area contributed by atoms with Gasteiger partial charge in [-0.3, -0.25) is 14.3 Å². The molecule has 0 bridgehead atoms. The summed E-state index contributed by atoms with van der Waals surface area (Å²) >= 11 is 0. The van der Waals surface area contributed by atoms with Crippen LogP contribution in [0.2, 0.25) is 0 Å². The lowest BCUT2D eigenvalue weighted by Crippen LogP contribution is -2.48. The van der Waals surface area contributed by atoms with Crippen LogP contribution in [0.5, 0.6) is 11.5 Å². The molecule has 0 unspecified atom stereocenters. The summed E-state index contributed by atoms with van der Waals surface area (Å²) in [4.78, 5) is 30.8. The Hall–Kier alpha value is -4.13. The highest BCUT2D eigenvalue weighted by molar-refractivity contribution is 7.92. The van der Waals surface area contributed by atoms with Crippen LogP contribution in [0, 0.1) is 5.92 Å². The predicted octanol–water partition coefficient (Wildman–Crippen LogP) is 4.99. The van der Waals surface area contributed by atoms with E-state index in [-0.39, 0.29) is 59.8 Å². The number of rotatable bonds is 10. The maximum absolute atomic E-state index is 14.4. The summed E-state index contributed by atoms with van der Waals surface area (Å²) in [6, 6.07) is 19.6. The number of aliphatic hydroxyl groups excluding tert-OH is 1. The lowest BCUT2D eigenvalue weighted by Gasteiger charge is -2.36. The molecule has 266 valence electrons. The number of ether oxygens (including phenoxy) is 3. The molecule has 4 rings (SSSR count). The average molecular weight is 696 g/mol. The number of carbonyl (C=O) groups excluding carboxylic acids is 2. The predicted molar refractivity (Wildman–Crippen MR) is 188 cm³/mol. The Morgan fingerprint density at radius 2 is 1.80 bits per heavy atom. The summed E-state index contributed by atoms with van der Waals surface area (Å²) in [5, 5.41) is 10.2. The zero-order chi connectivity index (χ0) is 35.6. The van der Waals surface area contributed by atoms with Crippen molar-refractivity contribution in [2.75, 3.05) is 45.2 Å². The number of nitrogens with zero attached hydrogens (tertiary/aromatic N) is 2. The van der Waals surface area contributed by atoms with Crippen molar-refractivity contribution in [3.8, 4) is 11.5 Å². The molecule has 4 atom stereocenters. The van der Waals surface area contributed by atoms with Crippen molar-refractivity contribution in [1.29, 1.82) is 0 Å². The van der Waals surface area contributed by atoms with Gasteiger partial charge in [-0.25, -0.2) is 8.42 Å². The first kappa shape index (κ1) is 37.7. The summed E-state index contributed by atoms with van der Waals surface area (Å²) in [6.45, 7) is 6.37. The van der Waals surface area contributed by atoms with Crippen LogP contribution in [0.3, 0.4) is 0 Å². The normalized spacial score (nSPS) is 19.9. The van der Waals surface area contributed by atoms with Crippen LogP contribution in [-0.4, -0.2) is 93.8 Å². The fourth-order valence-electron chi connectivity index (χ4n) is 5.69. The van der Waals surface area contributed by atoms with Crippen molar-refractivity contribution < 1.29 is 37.3 Å². The molecule has 1 aliphatic heterocycles. The molecule has 3 aromatic carbocycles. The third kappa shape index (κ3) is 10.4. The van der Waals surface area contributed by atoms with Crippen LogP contribution in [0.25, 0.3) is 0 Å². The molecule has 2 N–H and O–H groups in total. The van der Waals surface area contributed by atoms with Crippen molar-refractivity contribution >= 4 is 27.5 Å². The number of amides is 2. The SMILES string of the molecule is COc1ccc(S(=O)(=O)Nc2ccc3c(c2)C(=O)N([C@@H](C)CO)C[C@@H](C)[C@@H](CN(C)C(=O)Cc2ccccc2)OCCCC[C@@H](C)O3)cc1. The Labute approximate surface area is 290 Å². The maximum atomic E-state index is 14.4. The molecular formula is C37H49N3O8S. The number of hydrogen-bond donors (Lipinski definition) is 2. The minimum atomic E-state index is -3.99. The topological polar surface area (TPSA) is 135 Å². The molecule has 0 radical (unpaired) electrons. The van der Waals surface area contributed by atoms with Crippen molar-refractivity contribution in [3.05, 3.63) is 83.9 Å². The fraction of sp³-hybridized carbons (Fsp3) is 0.459. The number of carbonyl (C=O) groups is 2. The first-order valence-electron chi connectivity index (χ1n) is 16.7. The minimum absolute atomic E-state index is 0.0344. The van der Waals surface area contributed by atoms with Crippen LogP contribution < -0.4 is 14.2 Å². The Bertz CT molecular complexity index is 1640. The highest BCUT2D eigenvalue weighted by Gasteiger charge is 2.31. The standard InChI is InChI=1S/C37H49N3O8S/c1-26-23-40(27(2)25-41)37(43)33-22-30(38-49(44,45)32-17-15-31(46-5)16-18-32)14-19-34(33)48-28(3)11-9-10-20-47-35(26)24-39(4)36(42)21-29-12-7-6-8-13-29/h6-8,12-19,22,26-28,35,38,41H,9-11,20-21,23-25H2,1-5H3/t26-,27+,28-,35-/m1/s1. The Morgan fingerprint density at radius 3 is 2.47 bits per heavy atom. The molecule has 0 saturated carbocycles. The van der Waals surface area contributed by atoms with Gasteiger partial charge in [0, 0.05) is 38.3 Å². The fourth-order valence-corrected chi connectivity index (χ4v) is 6.74. The summed E-state index contributed by atoms with van der Waals surface area (Å²) in [7, 11) is -0.733. The number of fused-ring (bicyclic) bond motifs is 1. The molecular weight excluding hydrogens is 646 g/mol. The number of benzene rings is 3. The van der Waals surface area contributed by atoms with E-state index in [0.717, 1.165) is 18.4 Å². The van der Waals surface area contributed by atoms with E-state index < -0.39 is 22.0 Å². The van der Waals surface area contributed by atoms with Crippen molar-refractivity contribution in [3.63, 3.8) is 0 Å². The number of nitrogens with one attached hydrogen (secondary N) is 1. The molecule has 2 amide bonds. The van der Waals surface area contributed by atoms with E-state index in [9.17, 15) is 23.1 Å². The van der Waals surface area contributed by atoms with Crippen LogP contribution in [0.4, 0.5) is 5.69 Å². The lowest BCUT2D eigenvalue weighted by atomic mass is 10.0. The molecule has 12 heteroatoms. The van der Waals surface area contributed by atoms with E-state index in [1.165, 1.54) is 25.3 Å². The second-order valence-corrected chi connectivity index (χ2v) is 14.4. The Kier molecular flexibility index (Phi) is 13.5. The molecule has 0 fully saturated rings. The number of sulfonamides is 1. The van der Waals surface area contributed by atoms with E-state index >= 15 is 0 Å². The summed E-state index contributed by atoms with van der Waals surface area (Å²) < 4.78 is 46.9. The molecule has 1 heterocycles. The highest BCUT2D eigenvalue weighted by atomic mass is 32.2. The molecule has 0 aliphatic carbocycles. The smallest absolute Gasteiger partial charge is 0.261 e. The van der Waals surface area contributed by atoms with E-state index in [2.05, 4.69) is 4.72 Å². The van der Waals surface area contributed by atoms with Gasteiger partial charge in [0.05, 0.1) is 48.8 Å². The monoisotopic (exact) mass is 695 g/mol. The van der Waals surface area contributed by atoms with Gasteiger partial charge >= 0.3 is 0 Å². The largest absolute Gasteiger partial charge is 0.497 e.